The zero-order valence-corrected chi connectivity index (χ0v) is 22.9. The minimum Gasteiger partial charge on any atom is -0.496 e. The summed E-state index contributed by atoms with van der Waals surface area (Å²) in [6, 6.07) is 18.3. The van der Waals surface area contributed by atoms with Gasteiger partial charge < -0.3 is 18.9 Å². The fraction of sp³-hybridized carbons (Fsp3) is 0.207. The molecule has 0 saturated carbocycles. The number of methoxy groups -OCH3 is 4. The van der Waals surface area contributed by atoms with Gasteiger partial charge >= 0.3 is 0 Å². The van der Waals surface area contributed by atoms with Crippen LogP contribution in [0, 0.1) is 28.7 Å². The van der Waals surface area contributed by atoms with E-state index in [4.69, 9.17) is 24.2 Å². The molecule has 0 radical (unpaired) electrons. The third kappa shape index (κ3) is 5.63. The van der Waals surface area contributed by atoms with Gasteiger partial charge in [-0.2, -0.15) is 5.26 Å². The normalized spacial score (nSPS) is 10.6. The Kier molecular flexibility index (Phi) is 8.83. The van der Waals surface area contributed by atoms with E-state index in [1.54, 1.807) is 34.5 Å². The van der Waals surface area contributed by atoms with Crippen LogP contribution < -0.4 is 18.9 Å². The second-order valence-corrected chi connectivity index (χ2v) is 8.98. The molecule has 4 aromatic rings. The molecule has 4 aromatic carbocycles. The highest BCUT2D eigenvalue weighted by molar-refractivity contribution is 14.1. The fourth-order valence-electron chi connectivity index (χ4n) is 3.99. The predicted octanol–water partition coefficient (Wildman–Crippen LogP) is 7.47. The molecular weight excluding hydrogens is 553 g/mol. The fourth-order valence-corrected chi connectivity index (χ4v) is 4.68. The molecular formula is C29H28INO4. The molecule has 0 saturated heterocycles. The van der Waals surface area contributed by atoms with Gasteiger partial charge in [-0.05, 0) is 88.7 Å². The van der Waals surface area contributed by atoms with E-state index in [9.17, 15) is 0 Å². The highest BCUT2D eigenvalue weighted by Crippen LogP contribution is 2.35. The van der Waals surface area contributed by atoms with Crippen molar-refractivity contribution in [2.75, 3.05) is 28.4 Å². The number of aryl methyl sites for hydroxylation is 2. The molecule has 0 heterocycles. The molecule has 0 spiro atoms. The summed E-state index contributed by atoms with van der Waals surface area (Å²) >= 11 is 2.27. The van der Waals surface area contributed by atoms with Crippen molar-refractivity contribution in [1.82, 2.24) is 0 Å². The lowest BCUT2D eigenvalue weighted by atomic mass is 10.0. The number of benzene rings is 4. The first kappa shape index (κ1) is 26.2. The highest BCUT2D eigenvalue weighted by Gasteiger charge is 2.10. The van der Waals surface area contributed by atoms with E-state index < -0.39 is 0 Å². The van der Waals surface area contributed by atoms with E-state index in [0.29, 0.717) is 0 Å². The van der Waals surface area contributed by atoms with Gasteiger partial charge in [-0.15, -0.1) is 0 Å². The maximum Gasteiger partial charge on any atom is 0.132 e. The predicted molar refractivity (Wildman–Crippen MR) is 151 cm³/mol. The van der Waals surface area contributed by atoms with Gasteiger partial charge in [-0.1, -0.05) is 24.3 Å². The summed E-state index contributed by atoms with van der Waals surface area (Å²) in [5, 5.41) is 13.0. The van der Waals surface area contributed by atoms with E-state index in [0.717, 1.165) is 64.8 Å². The van der Waals surface area contributed by atoms with Crippen molar-refractivity contribution in [3.63, 3.8) is 0 Å². The Morgan fingerprint density at radius 2 is 1.23 bits per heavy atom. The van der Waals surface area contributed by atoms with Gasteiger partial charge in [0.25, 0.3) is 0 Å². The Hall–Kier alpha value is -3.44. The van der Waals surface area contributed by atoms with E-state index in [-0.39, 0.29) is 0 Å². The molecule has 0 amide bonds. The van der Waals surface area contributed by atoms with Crippen molar-refractivity contribution >= 4 is 50.2 Å². The van der Waals surface area contributed by atoms with Gasteiger partial charge in [0, 0.05) is 22.4 Å². The Bertz CT molecular complexity index is 1440. The SMILES string of the molecule is COc1cc2ccc(C)c(OC)c2cc1C=CC#N.COc1cc2ccc(C)c(OC)c2cc1I. The molecule has 0 atom stereocenters. The number of hydrogen-bond donors (Lipinski definition) is 0. The molecule has 0 aliphatic carbocycles. The zero-order valence-electron chi connectivity index (χ0n) is 20.7. The number of nitriles is 1. The number of nitrogens with zero attached hydrogens (tertiary/aromatic N) is 1. The summed E-state index contributed by atoms with van der Waals surface area (Å²) in [7, 11) is 6.68. The van der Waals surface area contributed by atoms with Crippen LogP contribution in [-0.4, -0.2) is 28.4 Å². The first-order valence-electron chi connectivity index (χ1n) is 10.9. The lowest BCUT2D eigenvalue weighted by Crippen LogP contribution is -1.92. The third-order valence-corrected chi connectivity index (χ3v) is 6.55. The molecule has 6 heteroatoms. The van der Waals surface area contributed by atoms with Crippen LogP contribution in [-0.2, 0) is 0 Å². The second-order valence-electron chi connectivity index (χ2n) is 7.82. The van der Waals surface area contributed by atoms with Gasteiger partial charge in [-0.3, -0.25) is 0 Å². The van der Waals surface area contributed by atoms with Crippen molar-refractivity contribution in [2.45, 2.75) is 13.8 Å². The van der Waals surface area contributed by atoms with Gasteiger partial charge in [0.2, 0.25) is 0 Å². The van der Waals surface area contributed by atoms with E-state index >= 15 is 0 Å². The molecule has 35 heavy (non-hydrogen) atoms. The monoisotopic (exact) mass is 581 g/mol. The maximum absolute atomic E-state index is 8.65. The van der Waals surface area contributed by atoms with Crippen LogP contribution in [0.4, 0.5) is 0 Å². The lowest BCUT2D eigenvalue weighted by molar-refractivity contribution is 0.411. The largest absolute Gasteiger partial charge is 0.496 e. The molecule has 0 unspecified atom stereocenters. The number of fused-ring (bicyclic) bond motifs is 2. The molecule has 180 valence electrons. The van der Waals surface area contributed by atoms with E-state index in [2.05, 4.69) is 47.7 Å². The molecule has 0 N–H and O–H groups in total. The van der Waals surface area contributed by atoms with Crippen LogP contribution >= 0.6 is 22.6 Å². The number of hydrogen-bond acceptors (Lipinski definition) is 5. The lowest BCUT2D eigenvalue weighted by Gasteiger charge is -2.12. The van der Waals surface area contributed by atoms with Crippen LogP contribution in [0.25, 0.3) is 27.6 Å². The summed E-state index contributed by atoms with van der Waals surface area (Å²) in [6.07, 6.45) is 3.17. The number of allylic oxidation sites excluding steroid dienone is 1. The van der Waals surface area contributed by atoms with E-state index in [1.165, 1.54) is 6.08 Å². The van der Waals surface area contributed by atoms with Crippen LogP contribution in [0.3, 0.4) is 0 Å². The van der Waals surface area contributed by atoms with Crippen LogP contribution in [0.2, 0.25) is 0 Å². The minimum atomic E-state index is 0.741. The number of rotatable bonds is 5. The molecule has 0 aliphatic heterocycles. The Balaban J connectivity index is 0.000000198. The van der Waals surface area contributed by atoms with Crippen molar-refractivity contribution in [3.8, 4) is 29.1 Å². The first-order chi connectivity index (χ1) is 16.9. The molecule has 4 rings (SSSR count). The average Bonchev–Trinajstić information content (AvgIpc) is 2.87. The van der Waals surface area contributed by atoms with Crippen LogP contribution in [0.5, 0.6) is 23.0 Å². The second kappa shape index (κ2) is 11.8. The summed E-state index contributed by atoms with van der Waals surface area (Å²) in [5.41, 5.74) is 3.09. The summed E-state index contributed by atoms with van der Waals surface area (Å²) in [5.74, 6) is 3.44. The molecule has 0 aromatic heterocycles. The molecule has 0 bridgehead atoms. The Morgan fingerprint density at radius 1 is 0.714 bits per heavy atom. The van der Waals surface area contributed by atoms with Gasteiger partial charge in [0.05, 0.1) is 38.1 Å². The van der Waals surface area contributed by atoms with Crippen molar-refractivity contribution in [2.24, 2.45) is 0 Å². The standard InChI is InChI=1S/C16H15NO2.C13H13IO2/c1-11-6-7-12-10-15(18-2)13(5-4-8-17)9-14(12)16(11)19-3;1-8-4-5-9-6-12(15-2)11(14)7-10(9)13(8)16-3/h4-7,9-10H,1-3H3;4-7H,1-3H3. The molecule has 5 nitrogen and oxygen atoms in total. The molecule has 0 aliphatic rings. The smallest absolute Gasteiger partial charge is 0.132 e. The average molecular weight is 581 g/mol. The van der Waals surface area contributed by atoms with Crippen LogP contribution in [0.1, 0.15) is 16.7 Å². The van der Waals surface area contributed by atoms with Crippen molar-refractivity contribution < 1.29 is 18.9 Å². The Morgan fingerprint density at radius 3 is 1.71 bits per heavy atom. The number of halogens is 1. The van der Waals surface area contributed by atoms with E-state index in [1.807, 2.05) is 43.3 Å². The summed E-state index contributed by atoms with van der Waals surface area (Å²) in [4.78, 5) is 0. The highest BCUT2D eigenvalue weighted by atomic mass is 127. The third-order valence-electron chi connectivity index (χ3n) is 5.70. The summed E-state index contributed by atoms with van der Waals surface area (Å²) in [6.45, 7) is 4.06. The van der Waals surface area contributed by atoms with Crippen LogP contribution in [0.15, 0.2) is 54.6 Å². The molecule has 0 fully saturated rings. The van der Waals surface area contributed by atoms with Crippen molar-refractivity contribution in [3.05, 3.63) is 74.9 Å². The first-order valence-corrected chi connectivity index (χ1v) is 12.0. The summed E-state index contributed by atoms with van der Waals surface area (Å²) < 4.78 is 22.7. The van der Waals surface area contributed by atoms with Gasteiger partial charge in [0.1, 0.15) is 23.0 Å². The van der Waals surface area contributed by atoms with Gasteiger partial charge in [-0.25, -0.2) is 0 Å². The Labute approximate surface area is 220 Å². The zero-order chi connectivity index (χ0) is 25.5. The minimum absolute atomic E-state index is 0.741. The van der Waals surface area contributed by atoms with Crippen molar-refractivity contribution in [1.29, 1.82) is 5.26 Å². The topological polar surface area (TPSA) is 60.7 Å². The van der Waals surface area contributed by atoms with Gasteiger partial charge in [0.15, 0.2) is 0 Å². The maximum atomic E-state index is 8.65. The number of ether oxygens (including phenoxy) is 4. The quantitative estimate of drug-likeness (QED) is 0.181.